The topological polar surface area (TPSA) is 50.9 Å². The molecule has 3 nitrogen and oxygen atoms in total. The first kappa shape index (κ1) is 15.4. The average molecular weight is 299 g/mol. The number of hydrogen-bond donors (Lipinski definition) is 2. The zero-order valence-electron chi connectivity index (χ0n) is 12.7. The van der Waals surface area contributed by atoms with Gasteiger partial charge in [-0.2, -0.15) is 0 Å². The van der Waals surface area contributed by atoms with Gasteiger partial charge in [-0.1, -0.05) is 50.3 Å². The minimum absolute atomic E-state index is 0.393. The highest BCUT2D eigenvalue weighted by Gasteiger charge is 2.03. The van der Waals surface area contributed by atoms with E-state index in [2.05, 4.69) is 48.4 Å². The van der Waals surface area contributed by atoms with E-state index in [1.807, 2.05) is 19.1 Å². The molecule has 0 fully saturated rings. The molecule has 0 atom stereocenters. The van der Waals surface area contributed by atoms with Crippen molar-refractivity contribution in [2.45, 2.75) is 33.2 Å². The molecule has 0 saturated heterocycles. The molecule has 2 aromatic rings. The van der Waals surface area contributed by atoms with Crippen LogP contribution in [0.1, 0.15) is 42.1 Å². The smallest absolute Gasteiger partial charge is 0.127 e. The van der Waals surface area contributed by atoms with Gasteiger partial charge in [-0.3, -0.25) is 0 Å². The van der Waals surface area contributed by atoms with E-state index in [1.165, 1.54) is 11.1 Å². The van der Waals surface area contributed by atoms with Gasteiger partial charge >= 0.3 is 0 Å². The zero-order chi connectivity index (χ0) is 15.4. The third kappa shape index (κ3) is 4.26. The molecule has 0 spiro atoms. The predicted molar refractivity (Wildman–Crippen MR) is 92.7 cm³/mol. The van der Waals surface area contributed by atoms with Gasteiger partial charge in [0.15, 0.2) is 0 Å². The lowest BCUT2D eigenvalue weighted by molar-refractivity contribution is 0.865. The van der Waals surface area contributed by atoms with Crippen LogP contribution in [-0.4, -0.2) is 9.97 Å². The lowest BCUT2D eigenvalue weighted by atomic mass is 10.0. The Hall–Kier alpha value is -1.94. The highest BCUT2D eigenvalue weighted by molar-refractivity contribution is 7.80. The van der Waals surface area contributed by atoms with E-state index in [9.17, 15) is 0 Å². The van der Waals surface area contributed by atoms with Gasteiger partial charge in [0.1, 0.15) is 10.8 Å². The molecule has 2 rings (SSSR count). The van der Waals surface area contributed by atoms with Crippen LogP contribution in [0.15, 0.2) is 36.4 Å². The molecule has 1 heterocycles. The van der Waals surface area contributed by atoms with Crippen molar-refractivity contribution in [1.82, 2.24) is 4.98 Å². The number of benzene rings is 1. The molecular weight excluding hydrogens is 278 g/mol. The summed E-state index contributed by atoms with van der Waals surface area (Å²) < 4.78 is 0. The van der Waals surface area contributed by atoms with Crippen molar-refractivity contribution in [2.75, 3.05) is 5.32 Å². The molecule has 21 heavy (non-hydrogen) atoms. The van der Waals surface area contributed by atoms with Crippen molar-refractivity contribution in [3.8, 4) is 0 Å². The van der Waals surface area contributed by atoms with E-state index in [0.717, 1.165) is 23.6 Å². The van der Waals surface area contributed by atoms with Crippen molar-refractivity contribution in [3.63, 3.8) is 0 Å². The molecule has 0 bridgehead atoms. The summed E-state index contributed by atoms with van der Waals surface area (Å²) in [5, 5.41) is 3.32. The Balaban J connectivity index is 2.07. The van der Waals surface area contributed by atoms with Crippen LogP contribution in [0.2, 0.25) is 0 Å². The van der Waals surface area contributed by atoms with E-state index < -0.39 is 0 Å². The fourth-order valence-electron chi connectivity index (χ4n) is 2.11. The van der Waals surface area contributed by atoms with Crippen LogP contribution < -0.4 is 11.1 Å². The summed E-state index contributed by atoms with van der Waals surface area (Å²) in [4.78, 5) is 4.84. The molecule has 1 aromatic heterocycles. The minimum atomic E-state index is 0.393. The summed E-state index contributed by atoms with van der Waals surface area (Å²) in [5.41, 5.74) is 10.00. The third-order valence-electron chi connectivity index (χ3n) is 3.36. The number of thiocarbonyl (C=S) groups is 1. The largest absolute Gasteiger partial charge is 0.389 e. The van der Waals surface area contributed by atoms with Crippen molar-refractivity contribution < 1.29 is 0 Å². The molecular formula is C17H21N3S. The molecule has 0 aliphatic carbocycles. The monoisotopic (exact) mass is 299 g/mol. The van der Waals surface area contributed by atoms with Crippen LogP contribution in [-0.2, 0) is 6.54 Å². The Bertz CT molecular complexity index is 633. The van der Waals surface area contributed by atoms with E-state index in [-0.39, 0.29) is 0 Å². The Morgan fingerprint density at radius 3 is 2.48 bits per heavy atom. The summed E-state index contributed by atoms with van der Waals surface area (Å²) in [7, 11) is 0. The number of pyridine rings is 1. The van der Waals surface area contributed by atoms with Crippen LogP contribution in [0, 0.1) is 6.92 Å². The van der Waals surface area contributed by atoms with Gasteiger partial charge in [-0.15, -0.1) is 0 Å². The second-order valence-electron chi connectivity index (χ2n) is 5.50. The second-order valence-corrected chi connectivity index (χ2v) is 5.94. The third-order valence-corrected chi connectivity index (χ3v) is 3.59. The first-order valence-corrected chi connectivity index (χ1v) is 7.47. The molecule has 0 radical (unpaired) electrons. The number of nitrogens with zero attached hydrogens (tertiary/aromatic N) is 1. The summed E-state index contributed by atoms with van der Waals surface area (Å²) in [6.07, 6.45) is 0. The van der Waals surface area contributed by atoms with Crippen LogP contribution in [0.5, 0.6) is 0 Å². The number of hydrogen-bond acceptors (Lipinski definition) is 3. The predicted octanol–water partition coefficient (Wildman–Crippen LogP) is 3.76. The van der Waals surface area contributed by atoms with Gasteiger partial charge in [-0.25, -0.2) is 4.98 Å². The van der Waals surface area contributed by atoms with E-state index in [4.69, 9.17) is 18.0 Å². The molecule has 110 valence electrons. The number of aryl methyl sites for hydroxylation is 1. The first-order chi connectivity index (χ1) is 9.95. The molecule has 4 heteroatoms. The van der Waals surface area contributed by atoms with E-state index in [0.29, 0.717) is 10.9 Å². The molecule has 3 N–H and O–H groups in total. The highest BCUT2D eigenvalue weighted by atomic mass is 32.1. The van der Waals surface area contributed by atoms with Gasteiger partial charge in [0, 0.05) is 17.8 Å². The van der Waals surface area contributed by atoms with Crippen LogP contribution in [0.3, 0.4) is 0 Å². The lowest BCUT2D eigenvalue weighted by Crippen LogP contribution is -2.11. The number of rotatable bonds is 5. The van der Waals surface area contributed by atoms with Crippen molar-refractivity contribution in [2.24, 2.45) is 5.73 Å². The summed E-state index contributed by atoms with van der Waals surface area (Å²) in [6, 6.07) is 12.4. The molecule has 1 aromatic carbocycles. The fraction of sp³-hybridized carbons (Fsp3) is 0.294. The molecule has 0 aliphatic heterocycles. The standard InChI is InChI=1S/C17H21N3S/c1-11(2)14-6-4-13(5-7-14)10-19-16-9-15(17(18)21)8-12(3)20-16/h4-9,11H,10H2,1-3H3,(H2,18,21)(H,19,20). The summed E-state index contributed by atoms with van der Waals surface area (Å²) in [6.45, 7) is 7.05. The highest BCUT2D eigenvalue weighted by Crippen LogP contribution is 2.16. The van der Waals surface area contributed by atoms with Gasteiger partial charge in [0.25, 0.3) is 0 Å². The van der Waals surface area contributed by atoms with E-state index in [1.54, 1.807) is 0 Å². The average Bonchev–Trinajstić information content (AvgIpc) is 2.45. The Labute approximate surface area is 131 Å². The van der Waals surface area contributed by atoms with Crippen LogP contribution in [0.25, 0.3) is 0 Å². The van der Waals surface area contributed by atoms with E-state index >= 15 is 0 Å². The normalized spacial score (nSPS) is 10.7. The zero-order valence-corrected chi connectivity index (χ0v) is 13.5. The van der Waals surface area contributed by atoms with Gasteiger partial charge in [0.2, 0.25) is 0 Å². The minimum Gasteiger partial charge on any atom is -0.389 e. The number of anilines is 1. The van der Waals surface area contributed by atoms with Crippen molar-refractivity contribution in [1.29, 1.82) is 0 Å². The Morgan fingerprint density at radius 2 is 1.90 bits per heavy atom. The number of nitrogens with one attached hydrogen (secondary N) is 1. The maximum atomic E-state index is 5.68. The lowest BCUT2D eigenvalue weighted by Gasteiger charge is -2.10. The Kier molecular flexibility index (Phi) is 4.91. The maximum absolute atomic E-state index is 5.68. The molecule has 0 amide bonds. The van der Waals surface area contributed by atoms with Gasteiger partial charge < -0.3 is 11.1 Å². The molecule has 0 aliphatic rings. The number of aromatic nitrogens is 1. The summed E-state index contributed by atoms with van der Waals surface area (Å²) >= 11 is 5.02. The van der Waals surface area contributed by atoms with Crippen molar-refractivity contribution >= 4 is 23.0 Å². The van der Waals surface area contributed by atoms with Crippen LogP contribution in [0.4, 0.5) is 5.82 Å². The maximum Gasteiger partial charge on any atom is 0.127 e. The van der Waals surface area contributed by atoms with Gasteiger partial charge in [0.05, 0.1) is 0 Å². The van der Waals surface area contributed by atoms with Crippen LogP contribution >= 0.6 is 12.2 Å². The Morgan fingerprint density at radius 1 is 1.24 bits per heavy atom. The molecule has 0 unspecified atom stereocenters. The molecule has 0 saturated carbocycles. The number of nitrogens with two attached hydrogens (primary N) is 1. The quantitative estimate of drug-likeness (QED) is 0.825. The second kappa shape index (κ2) is 6.68. The SMILES string of the molecule is Cc1cc(C(N)=S)cc(NCc2ccc(C(C)C)cc2)n1. The van der Waals surface area contributed by atoms with Gasteiger partial charge in [-0.05, 0) is 36.1 Å². The first-order valence-electron chi connectivity index (χ1n) is 7.07. The fourth-order valence-corrected chi connectivity index (χ4v) is 2.23. The van der Waals surface area contributed by atoms with Crippen molar-refractivity contribution in [3.05, 3.63) is 58.8 Å². The summed E-state index contributed by atoms with van der Waals surface area (Å²) in [5.74, 6) is 1.35.